The van der Waals surface area contributed by atoms with Crippen LogP contribution in [-0.4, -0.2) is 28.2 Å². The standard InChI is InChI=1S/C16H12FN3O2S/c17-8-1-2-9-11(7-8)12-10(3-4-18-15(12)22)14-13(9)20-16(23-14)19-5-6-21/h1-4,7,21H,5-6H2,(H,18,22)(H,19,20). The third-order valence-electron chi connectivity index (χ3n) is 3.73. The largest absolute Gasteiger partial charge is 0.395 e. The molecule has 0 unspecified atom stereocenters. The number of nitrogens with one attached hydrogen (secondary N) is 2. The molecule has 0 spiro atoms. The lowest BCUT2D eigenvalue weighted by molar-refractivity contribution is 0.311. The van der Waals surface area contributed by atoms with Crippen LogP contribution in [0.2, 0.25) is 0 Å². The molecule has 3 N–H and O–H groups in total. The van der Waals surface area contributed by atoms with Gasteiger partial charge in [-0.1, -0.05) is 11.3 Å². The van der Waals surface area contributed by atoms with Crippen molar-refractivity contribution in [1.29, 1.82) is 0 Å². The number of pyridine rings is 1. The normalized spacial score (nSPS) is 11.6. The van der Waals surface area contributed by atoms with Gasteiger partial charge in [-0.15, -0.1) is 0 Å². The summed E-state index contributed by atoms with van der Waals surface area (Å²) in [5.74, 6) is -0.393. The summed E-state index contributed by atoms with van der Waals surface area (Å²) in [6, 6.07) is 6.18. The molecule has 23 heavy (non-hydrogen) atoms. The molecule has 2 aromatic heterocycles. The first-order chi connectivity index (χ1) is 11.2. The van der Waals surface area contributed by atoms with Crippen molar-refractivity contribution in [2.75, 3.05) is 18.5 Å². The minimum Gasteiger partial charge on any atom is -0.395 e. The lowest BCUT2D eigenvalue weighted by atomic mass is 10.0. The predicted octanol–water partition coefficient (Wildman–Crippen LogP) is 2.83. The molecule has 0 radical (unpaired) electrons. The van der Waals surface area contributed by atoms with Gasteiger partial charge in [0, 0.05) is 28.9 Å². The van der Waals surface area contributed by atoms with E-state index >= 15 is 0 Å². The van der Waals surface area contributed by atoms with Crippen LogP contribution in [0.3, 0.4) is 0 Å². The van der Waals surface area contributed by atoms with Gasteiger partial charge in [0.2, 0.25) is 0 Å². The van der Waals surface area contributed by atoms with Crippen LogP contribution in [0.4, 0.5) is 9.52 Å². The summed E-state index contributed by atoms with van der Waals surface area (Å²) in [4.78, 5) is 19.5. The maximum Gasteiger partial charge on any atom is 0.256 e. The molecule has 2 heterocycles. The number of aliphatic hydroxyl groups excluding tert-OH is 1. The SMILES string of the molecule is O=c1[nH]ccc2c3sc(NCCO)nc3c3ccc(F)cc3c12. The number of aliphatic hydroxyl groups is 1. The van der Waals surface area contributed by atoms with E-state index in [0.717, 1.165) is 21.0 Å². The summed E-state index contributed by atoms with van der Waals surface area (Å²) in [6.07, 6.45) is 1.58. The minimum absolute atomic E-state index is 0.00228. The second kappa shape index (κ2) is 5.29. The Bertz CT molecular complexity index is 1100. The molecule has 0 aliphatic carbocycles. The number of anilines is 1. The van der Waals surface area contributed by atoms with Gasteiger partial charge < -0.3 is 15.4 Å². The van der Waals surface area contributed by atoms with Crippen LogP contribution in [0.25, 0.3) is 31.8 Å². The Balaban J connectivity index is 2.20. The van der Waals surface area contributed by atoms with Crippen LogP contribution in [0, 0.1) is 5.82 Å². The fourth-order valence-corrected chi connectivity index (χ4v) is 3.83. The third-order valence-corrected chi connectivity index (χ3v) is 4.77. The van der Waals surface area contributed by atoms with E-state index in [4.69, 9.17) is 5.11 Å². The molecule has 0 amide bonds. The first-order valence-electron chi connectivity index (χ1n) is 7.07. The van der Waals surface area contributed by atoms with E-state index in [9.17, 15) is 9.18 Å². The van der Waals surface area contributed by atoms with Crippen molar-refractivity contribution in [3.8, 4) is 0 Å². The Labute approximate surface area is 133 Å². The second-order valence-electron chi connectivity index (χ2n) is 5.13. The van der Waals surface area contributed by atoms with Gasteiger partial charge >= 0.3 is 0 Å². The zero-order valence-corrected chi connectivity index (χ0v) is 12.7. The number of halogens is 1. The molecule has 0 fully saturated rings. The van der Waals surface area contributed by atoms with E-state index < -0.39 is 5.82 Å². The van der Waals surface area contributed by atoms with Crippen molar-refractivity contribution >= 4 is 48.2 Å². The zero-order chi connectivity index (χ0) is 16.0. The van der Waals surface area contributed by atoms with Gasteiger partial charge in [-0.25, -0.2) is 9.37 Å². The van der Waals surface area contributed by atoms with Crippen LogP contribution in [0.1, 0.15) is 0 Å². The van der Waals surface area contributed by atoms with E-state index in [2.05, 4.69) is 15.3 Å². The number of hydrogen-bond donors (Lipinski definition) is 3. The topological polar surface area (TPSA) is 78.0 Å². The van der Waals surface area contributed by atoms with Gasteiger partial charge in [0.1, 0.15) is 5.82 Å². The lowest BCUT2D eigenvalue weighted by Gasteiger charge is -2.05. The summed E-state index contributed by atoms with van der Waals surface area (Å²) in [6.45, 7) is 0.396. The Morgan fingerprint density at radius 1 is 1.26 bits per heavy atom. The molecule has 2 aromatic carbocycles. The molecule has 0 bridgehead atoms. The number of rotatable bonds is 3. The van der Waals surface area contributed by atoms with Crippen LogP contribution in [-0.2, 0) is 0 Å². The Hall–Kier alpha value is -2.51. The van der Waals surface area contributed by atoms with E-state index in [1.54, 1.807) is 18.3 Å². The van der Waals surface area contributed by atoms with Gasteiger partial charge in [-0.3, -0.25) is 4.79 Å². The van der Waals surface area contributed by atoms with Gasteiger partial charge in [-0.05, 0) is 24.3 Å². The number of hydrogen-bond acceptors (Lipinski definition) is 5. The van der Waals surface area contributed by atoms with E-state index in [0.29, 0.717) is 22.4 Å². The number of thiazole rings is 1. The zero-order valence-electron chi connectivity index (χ0n) is 11.9. The Morgan fingerprint density at radius 2 is 2.13 bits per heavy atom. The molecule has 4 rings (SSSR count). The van der Waals surface area contributed by atoms with Crippen molar-refractivity contribution < 1.29 is 9.50 Å². The van der Waals surface area contributed by atoms with E-state index in [1.807, 2.05) is 0 Å². The van der Waals surface area contributed by atoms with Gasteiger partial charge in [0.05, 0.1) is 22.2 Å². The Morgan fingerprint density at radius 3 is 2.96 bits per heavy atom. The van der Waals surface area contributed by atoms with Crippen LogP contribution in [0.5, 0.6) is 0 Å². The maximum absolute atomic E-state index is 13.7. The highest BCUT2D eigenvalue weighted by molar-refractivity contribution is 7.23. The molecule has 0 saturated carbocycles. The Kier molecular flexibility index (Phi) is 3.24. The number of aromatic amines is 1. The number of aromatic nitrogens is 2. The van der Waals surface area contributed by atoms with Crippen LogP contribution in [0.15, 0.2) is 35.3 Å². The van der Waals surface area contributed by atoms with Gasteiger partial charge in [0.15, 0.2) is 5.13 Å². The molecule has 0 aliphatic rings. The molecule has 0 aliphatic heterocycles. The quantitative estimate of drug-likeness (QED) is 0.505. The van der Waals surface area contributed by atoms with Crippen molar-refractivity contribution in [3.05, 3.63) is 46.6 Å². The fraction of sp³-hybridized carbons (Fsp3) is 0.125. The monoisotopic (exact) mass is 329 g/mol. The van der Waals surface area contributed by atoms with Gasteiger partial charge in [0.25, 0.3) is 5.56 Å². The maximum atomic E-state index is 13.7. The van der Waals surface area contributed by atoms with Crippen molar-refractivity contribution in [2.45, 2.75) is 0 Å². The summed E-state index contributed by atoms with van der Waals surface area (Å²) >= 11 is 1.41. The van der Waals surface area contributed by atoms with E-state index in [-0.39, 0.29) is 12.2 Å². The summed E-state index contributed by atoms with van der Waals surface area (Å²) < 4.78 is 14.6. The molecular weight excluding hydrogens is 317 g/mol. The number of nitrogens with zero attached hydrogens (tertiary/aromatic N) is 1. The molecule has 0 saturated heterocycles. The summed E-state index contributed by atoms with van der Waals surface area (Å²) in [7, 11) is 0. The number of benzene rings is 2. The molecule has 5 nitrogen and oxygen atoms in total. The fourth-order valence-electron chi connectivity index (χ4n) is 2.79. The van der Waals surface area contributed by atoms with E-state index in [1.165, 1.54) is 23.5 Å². The first-order valence-corrected chi connectivity index (χ1v) is 7.88. The lowest BCUT2D eigenvalue weighted by Crippen LogP contribution is -2.05. The van der Waals surface area contributed by atoms with Crippen molar-refractivity contribution in [3.63, 3.8) is 0 Å². The minimum atomic E-state index is -0.393. The smallest absolute Gasteiger partial charge is 0.256 e. The number of fused-ring (bicyclic) bond motifs is 6. The predicted molar refractivity (Wildman–Crippen MR) is 90.8 cm³/mol. The highest BCUT2D eigenvalue weighted by Gasteiger charge is 2.15. The molecule has 4 aromatic rings. The summed E-state index contributed by atoms with van der Waals surface area (Å²) in [5.41, 5.74) is 0.474. The summed E-state index contributed by atoms with van der Waals surface area (Å²) in [5, 5.41) is 15.1. The average Bonchev–Trinajstić information content (AvgIpc) is 2.97. The number of H-pyrrole nitrogens is 1. The highest BCUT2D eigenvalue weighted by atomic mass is 32.1. The van der Waals surface area contributed by atoms with Crippen LogP contribution >= 0.6 is 11.3 Å². The highest BCUT2D eigenvalue weighted by Crippen LogP contribution is 2.38. The molecule has 7 heteroatoms. The van der Waals surface area contributed by atoms with Crippen molar-refractivity contribution in [1.82, 2.24) is 9.97 Å². The molecule has 0 atom stereocenters. The van der Waals surface area contributed by atoms with Gasteiger partial charge in [-0.2, -0.15) is 0 Å². The molecule has 116 valence electrons. The molecular formula is C16H12FN3O2S. The first kappa shape index (κ1) is 14.1. The average molecular weight is 329 g/mol. The third kappa shape index (κ3) is 2.16. The second-order valence-corrected chi connectivity index (χ2v) is 6.13. The van der Waals surface area contributed by atoms with Crippen LogP contribution < -0.4 is 10.9 Å². The van der Waals surface area contributed by atoms with Crippen molar-refractivity contribution in [2.24, 2.45) is 0 Å².